The fraction of sp³-hybridized carbons (Fsp3) is 0.250. The second-order valence-corrected chi connectivity index (χ2v) is 6.12. The molecular weight excluding hydrogens is 386 g/mol. The van der Waals surface area contributed by atoms with E-state index in [9.17, 15) is 14.4 Å². The van der Waals surface area contributed by atoms with E-state index in [1.165, 1.54) is 26.4 Å². The predicted molar refractivity (Wildman–Crippen MR) is 103 cm³/mol. The molecule has 0 bridgehead atoms. The van der Waals surface area contributed by atoms with Gasteiger partial charge in [0.25, 0.3) is 5.91 Å². The third-order valence-electron chi connectivity index (χ3n) is 3.89. The molecular formula is C20H20ClNO6. The number of aldehydes is 1. The summed E-state index contributed by atoms with van der Waals surface area (Å²) >= 11 is 5.82. The van der Waals surface area contributed by atoms with E-state index < -0.39 is 18.5 Å². The minimum absolute atomic E-state index is 0.0697. The molecule has 0 saturated carbocycles. The lowest BCUT2D eigenvalue weighted by atomic mass is 10.1. The monoisotopic (exact) mass is 405 g/mol. The average Bonchev–Trinajstić information content (AvgIpc) is 2.72. The van der Waals surface area contributed by atoms with Crippen molar-refractivity contribution < 1.29 is 28.6 Å². The molecule has 0 aliphatic rings. The van der Waals surface area contributed by atoms with Gasteiger partial charge < -0.3 is 19.5 Å². The van der Waals surface area contributed by atoms with E-state index in [1.807, 2.05) is 12.1 Å². The summed E-state index contributed by atoms with van der Waals surface area (Å²) in [7, 11) is 2.74. The number of hydrogen-bond acceptors (Lipinski definition) is 6. The topological polar surface area (TPSA) is 90.9 Å². The maximum absolute atomic E-state index is 12.4. The van der Waals surface area contributed by atoms with Crippen LogP contribution in [0.5, 0.6) is 11.5 Å². The van der Waals surface area contributed by atoms with Gasteiger partial charge in [-0.1, -0.05) is 23.7 Å². The van der Waals surface area contributed by atoms with Gasteiger partial charge in [-0.2, -0.15) is 0 Å². The van der Waals surface area contributed by atoms with Crippen LogP contribution in [0.25, 0.3) is 0 Å². The summed E-state index contributed by atoms with van der Waals surface area (Å²) in [5.74, 6) is -0.977. The maximum atomic E-state index is 12.4. The van der Waals surface area contributed by atoms with E-state index in [-0.39, 0.29) is 22.6 Å². The van der Waals surface area contributed by atoms with Crippen LogP contribution >= 0.6 is 11.6 Å². The first-order valence-electron chi connectivity index (χ1n) is 8.38. The summed E-state index contributed by atoms with van der Waals surface area (Å²) in [5.41, 5.74) is 0.995. The Kier molecular flexibility index (Phi) is 7.83. The zero-order valence-electron chi connectivity index (χ0n) is 15.5. The van der Waals surface area contributed by atoms with Gasteiger partial charge in [-0.15, -0.1) is 0 Å². The van der Waals surface area contributed by atoms with Crippen LogP contribution in [0, 0.1) is 0 Å². The highest BCUT2D eigenvalue weighted by Gasteiger charge is 2.23. The highest BCUT2D eigenvalue weighted by Crippen LogP contribution is 2.33. The van der Waals surface area contributed by atoms with Crippen LogP contribution < -0.4 is 14.8 Å². The van der Waals surface area contributed by atoms with Crippen LogP contribution in [-0.4, -0.2) is 45.5 Å². The standard InChI is InChI=1S/C20H20ClNO6/c1-26-16-8-5-14(11-23)18(19(16)27-2)20(25)28-12-17(24)22-10-9-13-3-6-15(21)7-4-13/h3-8,11H,9-10,12H2,1-2H3,(H,22,24). The molecule has 0 radical (unpaired) electrons. The second kappa shape index (κ2) is 10.3. The summed E-state index contributed by atoms with van der Waals surface area (Å²) in [6.45, 7) is -0.113. The van der Waals surface area contributed by atoms with Gasteiger partial charge in [0, 0.05) is 17.1 Å². The Morgan fingerprint density at radius 2 is 1.79 bits per heavy atom. The van der Waals surface area contributed by atoms with Crippen molar-refractivity contribution in [2.24, 2.45) is 0 Å². The lowest BCUT2D eigenvalue weighted by Gasteiger charge is -2.14. The highest BCUT2D eigenvalue weighted by molar-refractivity contribution is 6.30. The highest BCUT2D eigenvalue weighted by atomic mass is 35.5. The molecule has 0 aromatic heterocycles. The Morgan fingerprint density at radius 1 is 1.07 bits per heavy atom. The van der Waals surface area contributed by atoms with E-state index >= 15 is 0 Å². The van der Waals surface area contributed by atoms with Crippen LogP contribution in [0.4, 0.5) is 0 Å². The number of rotatable bonds is 9. The first-order chi connectivity index (χ1) is 13.5. The first kappa shape index (κ1) is 21.2. The van der Waals surface area contributed by atoms with Gasteiger partial charge in [-0.25, -0.2) is 4.79 Å². The lowest BCUT2D eigenvalue weighted by Crippen LogP contribution is -2.30. The van der Waals surface area contributed by atoms with E-state index in [2.05, 4.69) is 5.32 Å². The number of methoxy groups -OCH3 is 2. The lowest BCUT2D eigenvalue weighted by molar-refractivity contribution is -0.124. The summed E-state index contributed by atoms with van der Waals surface area (Å²) in [4.78, 5) is 35.6. The quantitative estimate of drug-likeness (QED) is 0.509. The molecule has 0 atom stereocenters. The number of carbonyl (C=O) groups is 3. The van der Waals surface area contributed by atoms with Gasteiger partial charge in [0.15, 0.2) is 24.4 Å². The molecule has 0 saturated heterocycles. The van der Waals surface area contributed by atoms with Gasteiger partial charge in [-0.05, 0) is 36.2 Å². The van der Waals surface area contributed by atoms with E-state index in [0.717, 1.165) is 5.56 Å². The molecule has 0 heterocycles. The minimum Gasteiger partial charge on any atom is -0.493 e. The molecule has 7 nitrogen and oxygen atoms in total. The number of nitrogens with one attached hydrogen (secondary N) is 1. The molecule has 2 aromatic carbocycles. The van der Waals surface area contributed by atoms with Crippen molar-refractivity contribution >= 4 is 29.8 Å². The summed E-state index contributed by atoms with van der Waals surface area (Å²) in [6.07, 6.45) is 1.11. The van der Waals surface area contributed by atoms with Gasteiger partial charge in [0.05, 0.1) is 14.2 Å². The molecule has 0 aliphatic heterocycles. The summed E-state index contributed by atoms with van der Waals surface area (Å²) in [5, 5.41) is 3.30. The van der Waals surface area contributed by atoms with Gasteiger partial charge in [-0.3, -0.25) is 9.59 Å². The van der Waals surface area contributed by atoms with Crippen LogP contribution in [0.1, 0.15) is 26.3 Å². The van der Waals surface area contributed by atoms with Gasteiger partial charge in [0.2, 0.25) is 0 Å². The number of amides is 1. The van der Waals surface area contributed by atoms with Crippen molar-refractivity contribution in [3.8, 4) is 11.5 Å². The Morgan fingerprint density at radius 3 is 2.39 bits per heavy atom. The summed E-state index contributed by atoms with van der Waals surface area (Å²) < 4.78 is 15.3. The zero-order valence-corrected chi connectivity index (χ0v) is 16.2. The van der Waals surface area contributed by atoms with Crippen molar-refractivity contribution in [1.82, 2.24) is 5.32 Å². The number of benzene rings is 2. The molecule has 0 unspecified atom stereocenters. The number of halogens is 1. The predicted octanol–water partition coefficient (Wildman–Crippen LogP) is 2.69. The molecule has 2 aromatic rings. The smallest absolute Gasteiger partial charge is 0.343 e. The normalized spacial score (nSPS) is 10.1. The molecule has 0 aliphatic carbocycles. The van der Waals surface area contributed by atoms with Crippen LogP contribution in [0.3, 0.4) is 0 Å². The molecule has 8 heteroatoms. The molecule has 28 heavy (non-hydrogen) atoms. The minimum atomic E-state index is -0.856. The van der Waals surface area contributed by atoms with Gasteiger partial charge >= 0.3 is 5.97 Å². The van der Waals surface area contributed by atoms with E-state index in [4.69, 9.17) is 25.8 Å². The summed E-state index contributed by atoms with van der Waals surface area (Å²) in [6, 6.07) is 10.2. The molecule has 1 amide bonds. The molecule has 1 N–H and O–H groups in total. The Labute approximate surface area is 167 Å². The molecule has 148 valence electrons. The van der Waals surface area contributed by atoms with Crippen molar-refractivity contribution in [3.63, 3.8) is 0 Å². The van der Waals surface area contributed by atoms with Crippen LogP contribution in [0.15, 0.2) is 36.4 Å². The number of esters is 1. The van der Waals surface area contributed by atoms with Crippen LogP contribution in [0.2, 0.25) is 5.02 Å². The van der Waals surface area contributed by atoms with Crippen molar-refractivity contribution in [1.29, 1.82) is 0 Å². The fourth-order valence-electron chi connectivity index (χ4n) is 2.50. The van der Waals surface area contributed by atoms with Gasteiger partial charge in [0.1, 0.15) is 5.56 Å². The number of carbonyl (C=O) groups excluding carboxylic acids is 3. The van der Waals surface area contributed by atoms with E-state index in [0.29, 0.717) is 24.3 Å². The molecule has 0 fully saturated rings. The SMILES string of the molecule is COc1ccc(C=O)c(C(=O)OCC(=O)NCCc2ccc(Cl)cc2)c1OC. The van der Waals surface area contributed by atoms with Crippen molar-refractivity contribution in [2.45, 2.75) is 6.42 Å². The zero-order chi connectivity index (χ0) is 20.5. The Balaban J connectivity index is 1.93. The number of hydrogen-bond donors (Lipinski definition) is 1. The van der Waals surface area contributed by atoms with E-state index in [1.54, 1.807) is 12.1 Å². The number of ether oxygens (including phenoxy) is 3. The van der Waals surface area contributed by atoms with Crippen molar-refractivity contribution in [2.75, 3.05) is 27.4 Å². The van der Waals surface area contributed by atoms with Crippen LogP contribution in [-0.2, 0) is 16.0 Å². The third-order valence-corrected chi connectivity index (χ3v) is 4.14. The fourth-order valence-corrected chi connectivity index (χ4v) is 2.63. The van der Waals surface area contributed by atoms with Crippen molar-refractivity contribution in [3.05, 3.63) is 58.1 Å². The average molecular weight is 406 g/mol. The molecule has 2 rings (SSSR count). The molecule has 0 spiro atoms. The maximum Gasteiger partial charge on any atom is 0.343 e. The Hall–Kier alpha value is -3.06. The first-order valence-corrected chi connectivity index (χ1v) is 8.76. The third kappa shape index (κ3) is 5.47. The second-order valence-electron chi connectivity index (χ2n) is 5.69. The largest absolute Gasteiger partial charge is 0.493 e. The Bertz CT molecular complexity index is 851.